The Morgan fingerprint density at radius 1 is 0.744 bits per heavy atom. The molecular formula is C29H24N2O7S. The van der Waals surface area contributed by atoms with Crippen LogP contribution in [0.1, 0.15) is 19.4 Å². The van der Waals surface area contributed by atoms with Crippen molar-refractivity contribution in [3.05, 3.63) is 96.6 Å². The van der Waals surface area contributed by atoms with Crippen LogP contribution < -0.4 is 19.5 Å². The minimum atomic E-state index is -3.90. The van der Waals surface area contributed by atoms with E-state index in [1.54, 1.807) is 66.7 Å². The van der Waals surface area contributed by atoms with E-state index >= 15 is 0 Å². The van der Waals surface area contributed by atoms with E-state index in [1.165, 1.54) is 44.2 Å². The number of amides is 1. The van der Waals surface area contributed by atoms with E-state index in [2.05, 4.69) is 10.0 Å². The average molecular weight is 545 g/mol. The molecule has 0 saturated heterocycles. The number of anilines is 2. The van der Waals surface area contributed by atoms with Gasteiger partial charge in [-0.1, -0.05) is 48.5 Å². The molecule has 0 aromatic heterocycles. The Bertz CT molecular complexity index is 1700. The van der Waals surface area contributed by atoms with Gasteiger partial charge in [0.1, 0.15) is 0 Å². The summed E-state index contributed by atoms with van der Waals surface area (Å²) in [4.78, 5) is 35.6. The molecule has 0 heterocycles. The van der Waals surface area contributed by atoms with Crippen molar-refractivity contribution in [2.24, 2.45) is 0 Å². The predicted octanol–water partition coefficient (Wildman–Crippen LogP) is 5.14. The number of sulfonamides is 1. The molecule has 0 spiro atoms. The lowest BCUT2D eigenvalue weighted by Crippen LogP contribution is -2.13. The maximum absolute atomic E-state index is 13.1. The van der Waals surface area contributed by atoms with Crippen LogP contribution in [0.15, 0.2) is 95.9 Å². The number of esters is 2. The fraction of sp³-hybridized carbons (Fsp3) is 0.0690. The fourth-order valence-corrected chi connectivity index (χ4v) is 5.07. The second-order valence-corrected chi connectivity index (χ2v) is 10.00. The molecule has 0 atom stereocenters. The van der Waals surface area contributed by atoms with Gasteiger partial charge in [-0.2, -0.15) is 0 Å². The number of ether oxygens (including phenoxy) is 2. The van der Waals surface area contributed by atoms with Crippen molar-refractivity contribution < 1.29 is 32.3 Å². The van der Waals surface area contributed by atoms with Crippen LogP contribution >= 0.6 is 0 Å². The van der Waals surface area contributed by atoms with Gasteiger partial charge < -0.3 is 14.8 Å². The molecule has 4 rings (SSSR count). The van der Waals surface area contributed by atoms with Gasteiger partial charge in [-0.05, 0) is 48.0 Å². The molecule has 0 bridgehead atoms. The van der Waals surface area contributed by atoms with Crippen LogP contribution in [0.2, 0.25) is 0 Å². The predicted molar refractivity (Wildman–Crippen MR) is 148 cm³/mol. The third-order valence-electron chi connectivity index (χ3n) is 5.36. The lowest BCUT2D eigenvalue weighted by atomic mass is 10.1. The molecule has 0 saturated carbocycles. The van der Waals surface area contributed by atoms with Gasteiger partial charge in [0.25, 0.3) is 10.0 Å². The van der Waals surface area contributed by atoms with Crippen molar-refractivity contribution in [3.63, 3.8) is 0 Å². The van der Waals surface area contributed by atoms with E-state index in [9.17, 15) is 22.8 Å². The molecule has 0 radical (unpaired) electrons. The lowest BCUT2D eigenvalue weighted by Gasteiger charge is -2.13. The molecule has 198 valence electrons. The summed E-state index contributed by atoms with van der Waals surface area (Å²) in [6.45, 7) is 2.44. The lowest BCUT2D eigenvalue weighted by molar-refractivity contribution is -0.134. The second kappa shape index (κ2) is 11.6. The number of rotatable bonds is 8. The van der Waals surface area contributed by atoms with E-state index in [4.69, 9.17) is 9.47 Å². The number of carbonyl (C=O) groups is 3. The Labute approximate surface area is 225 Å². The molecule has 0 aliphatic rings. The summed E-state index contributed by atoms with van der Waals surface area (Å²) < 4.78 is 39.0. The average Bonchev–Trinajstić information content (AvgIpc) is 2.88. The zero-order valence-corrected chi connectivity index (χ0v) is 21.8. The standard InChI is InChI=1S/C29H24N2O7S/c1-19(32)37-26-16-14-21(18-27(26)38-20(2)33)15-17-29(34)30-25-12-6-11-24-23(25)10-7-13-28(24)39(35,36)31-22-8-4-3-5-9-22/h3-18,31H,1-2H3,(H,30,34)/b17-15+. The number of hydrogen-bond acceptors (Lipinski definition) is 7. The van der Waals surface area contributed by atoms with Gasteiger partial charge in [0.05, 0.1) is 4.90 Å². The normalized spacial score (nSPS) is 11.2. The van der Waals surface area contributed by atoms with Crippen LogP contribution in [0.4, 0.5) is 11.4 Å². The van der Waals surface area contributed by atoms with E-state index in [0.717, 1.165) is 0 Å². The number of benzene rings is 4. The molecule has 10 heteroatoms. The van der Waals surface area contributed by atoms with Crippen LogP contribution in [0.5, 0.6) is 11.5 Å². The smallest absolute Gasteiger partial charge is 0.308 e. The van der Waals surface area contributed by atoms with Gasteiger partial charge in [0.2, 0.25) is 5.91 Å². The third kappa shape index (κ3) is 6.88. The monoisotopic (exact) mass is 544 g/mol. The molecule has 39 heavy (non-hydrogen) atoms. The summed E-state index contributed by atoms with van der Waals surface area (Å²) in [6.07, 6.45) is 2.76. The summed E-state index contributed by atoms with van der Waals surface area (Å²) in [5.41, 5.74) is 1.36. The molecule has 0 aliphatic carbocycles. The molecule has 9 nitrogen and oxygen atoms in total. The quantitative estimate of drug-likeness (QED) is 0.179. The number of nitrogens with one attached hydrogen (secondary N) is 2. The summed E-state index contributed by atoms with van der Waals surface area (Å²) in [5, 5.41) is 3.75. The Balaban J connectivity index is 1.57. The van der Waals surface area contributed by atoms with Gasteiger partial charge in [0.15, 0.2) is 11.5 Å². The summed E-state index contributed by atoms with van der Waals surface area (Å²) >= 11 is 0. The van der Waals surface area contributed by atoms with Crippen molar-refractivity contribution in [2.75, 3.05) is 10.0 Å². The minimum Gasteiger partial charge on any atom is -0.423 e. The van der Waals surface area contributed by atoms with E-state index < -0.39 is 27.9 Å². The van der Waals surface area contributed by atoms with Crippen LogP contribution in [0.25, 0.3) is 16.8 Å². The Morgan fingerprint density at radius 2 is 1.41 bits per heavy atom. The highest BCUT2D eigenvalue weighted by Crippen LogP contribution is 2.31. The SMILES string of the molecule is CC(=O)Oc1ccc(/C=C/C(=O)Nc2cccc3c(S(=O)(=O)Nc4ccccc4)cccc23)cc1OC(C)=O. The molecule has 0 aliphatic heterocycles. The zero-order valence-electron chi connectivity index (χ0n) is 21.0. The van der Waals surface area contributed by atoms with Crippen molar-refractivity contribution in [3.8, 4) is 11.5 Å². The largest absolute Gasteiger partial charge is 0.423 e. The maximum atomic E-state index is 13.1. The van der Waals surface area contributed by atoms with Crippen LogP contribution in [0.3, 0.4) is 0 Å². The maximum Gasteiger partial charge on any atom is 0.308 e. The molecule has 0 fully saturated rings. The fourth-order valence-electron chi connectivity index (χ4n) is 3.79. The first-order valence-electron chi connectivity index (χ1n) is 11.7. The Hall–Kier alpha value is -4.96. The summed E-state index contributed by atoms with van der Waals surface area (Å²) in [5.74, 6) is -1.54. The van der Waals surface area contributed by atoms with Gasteiger partial charge in [-0.25, -0.2) is 8.42 Å². The van der Waals surface area contributed by atoms with E-state index in [1.807, 2.05) is 0 Å². The molecule has 4 aromatic rings. The van der Waals surface area contributed by atoms with Crippen LogP contribution in [-0.4, -0.2) is 26.3 Å². The van der Waals surface area contributed by atoms with E-state index in [-0.39, 0.29) is 16.4 Å². The molecule has 1 amide bonds. The first-order valence-corrected chi connectivity index (χ1v) is 13.2. The van der Waals surface area contributed by atoms with Crippen LogP contribution in [0, 0.1) is 0 Å². The second-order valence-electron chi connectivity index (χ2n) is 8.34. The molecule has 4 aromatic carbocycles. The first-order chi connectivity index (χ1) is 18.6. The molecule has 0 unspecified atom stereocenters. The van der Waals surface area contributed by atoms with Crippen molar-refractivity contribution in [1.29, 1.82) is 0 Å². The summed E-state index contributed by atoms with van der Waals surface area (Å²) in [7, 11) is -3.90. The number of para-hydroxylation sites is 1. The molecule has 2 N–H and O–H groups in total. The van der Waals surface area contributed by atoms with E-state index in [0.29, 0.717) is 27.7 Å². The Morgan fingerprint density at radius 3 is 2.13 bits per heavy atom. The summed E-state index contributed by atoms with van der Waals surface area (Å²) in [6, 6.07) is 22.9. The highest BCUT2D eigenvalue weighted by Gasteiger charge is 2.18. The van der Waals surface area contributed by atoms with Crippen molar-refractivity contribution >= 4 is 56.1 Å². The third-order valence-corrected chi connectivity index (χ3v) is 6.80. The number of hydrogen-bond donors (Lipinski definition) is 2. The van der Waals surface area contributed by atoms with Crippen molar-refractivity contribution in [2.45, 2.75) is 18.7 Å². The van der Waals surface area contributed by atoms with Gasteiger partial charge in [0, 0.05) is 42.1 Å². The van der Waals surface area contributed by atoms with Gasteiger partial charge in [-0.15, -0.1) is 0 Å². The highest BCUT2D eigenvalue weighted by atomic mass is 32.2. The van der Waals surface area contributed by atoms with Gasteiger partial charge >= 0.3 is 11.9 Å². The Kier molecular flexibility index (Phi) is 8.07. The van der Waals surface area contributed by atoms with Crippen molar-refractivity contribution in [1.82, 2.24) is 0 Å². The first kappa shape index (κ1) is 27.1. The zero-order chi connectivity index (χ0) is 28.0. The minimum absolute atomic E-state index is 0.0344. The number of carbonyl (C=O) groups excluding carboxylic acids is 3. The number of fused-ring (bicyclic) bond motifs is 1. The van der Waals surface area contributed by atoms with Crippen LogP contribution in [-0.2, 0) is 24.4 Å². The highest BCUT2D eigenvalue weighted by molar-refractivity contribution is 7.93. The topological polar surface area (TPSA) is 128 Å². The van der Waals surface area contributed by atoms with Gasteiger partial charge in [-0.3, -0.25) is 19.1 Å². The molecular weight excluding hydrogens is 520 g/mol.